The van der Waals surface area contributed by atoms with Crippen molar-refractivity contribution in [1.29, 1.82) is 0 Å². The molecule has 0 fully saturated rings. The van der Waals surface area contributed by atoms with E-state index in [1.165, 1.54) is 26.2 Å². The Hall–Kier alpha value is -1.56. The fraction of sp³-hybridized carbons (Fsp3) is 0.533. The molecule has 0 aliphatic carbocycles. The number of hydrogen-bond acceptors (Lipinski definition) is 3. The number of carbonyl (C=O) groups excluding carboxylic acids is 1. The molecule has 0 aliphatic heterocycles. The van der Waals surface area contributed by atoms with Gasteiger partial charge in [0.1, 0.15) is 5.54 Å². The highest BCUT2D eigenvalue weighted by Gasteiger charge is 2.39. The van der Waals surface area contributed by atoms with E-state index in [1.54, 1.807) is 0 Å². The second-order valence-electron chi connectivity index (χ2n) is 5.15. The third-order valence-corrected chi connectivity index (χ3v) is 3.51. The molecule has 0 saturated heterocycles. The molecule has 3 nitrogen and oxygen atoms in total. The Bertz CT molecular complexity index is 502. The SMILES string of the molecule is CCC(C)NC(C)(C(=O)OC)c1cccc(C(F)(F)F)c1. The number of benzene rings is 1. The summed E-state index contributed by atoms with van der Waals surface area (Å²) in [5.74, 6) is -0.623. The first kappa shape index (κ1) is 17.5. The summed E-state index contributed by atoms with van der Waals surface area (Å²) in [5, 5.41) is 3.05. The zero-order valence-electron chi connectivity index (χ0n) is 12.5. The van der Waals surface area contributed by atoms with E-state index in [4.69, 9.17) is 4.74 Å². The molecule has 0 spiro atoms. The summed E-state index contributed by atoms with van der Waals surface area (Å²) in [6, 6.07) is 4.68. The van der Waals surface area contributed by atoms with E-state index < -0.39 is 23.2 Å². The zero-order chi connectivity index (χ0) is 16.3. The standard InChI is InChI=1S/C15H20F3NO2/c1-5-10(2)19-14(3,13(20)21-4)11-7-6-8-12(9-11)15(16,17)18/h6-10,19H,5H2,1-4H3. The average Bonchev–Trinajstić information content (AvgIpc) is 2.45. The van der Waals surface area contributed by atoms with E-state index in [0.29, 0.717) is 0 Å². The zero-order valence-corrected chi connectivity index (χ0v) is 12.5. The van der Waals surface area contributed by atoms with Crippen LogP contribution in [0.4, 0.5) is 13.2 Å². The second-order valence-corrected chi connectivity index (χ2v) is 5.15. The van der Waals surface area contributed by atoms with Crippen LogP contribution in [0.1, 0.15) is 38.3 Å². The molecule has 1 aromatic carbocycles. The summed E-state index contributed by atoms with van der Waals surface area (Å²) < 4.78 is 43.3. The number of rotatable bonds is 5. The predicted octanol–water partition coefficient (Wildman–Crippen LogP) is 3.48. The van der Waals surface area contributed by atoms with Gasteiger partial charge >= 0.3 is 12.1 Å². The highest BCUT2D eigenvalue weighted by molar-refractivity contribution is 5.82. The molecule has 2 unspecified atom stereocenters. The van der Waals surface area contributed by atoms with Crippen LogP contribution < -0.4 is 5.32 Å². The number of hydrogen-bond donors (Lipinski definition) is 1. The van der Waals surface area contributed by atoms with Gasteiger partial charge in [0.05, 0.1) is 12.7 Å². The number of carbonyl (C=O) groups is 1. The van der Waals surface area contributed by atoms with Crippen molar-refractivity contribution in [1.82, 2.24) is 5.32 Å². The van der Waals surface area contributed by atoms with Crippen LogP contribution in [0.15, 0.2) is 24.3 Å². The summed E-state index contributed by atoms with van der Waals surface area (Å²) in [5.41, 5.74) is -1.89. The summed E-state index contributed by atoms with van der Waals surface area (Å²) in [4.78, 5) is 12.1. The Morgan fingerprint density at radius 1 is 1.33 bits per heavy atom. The number of halogens is 3. The van der Waals surface area contributed by atoms with Crippen LogP contribution in [-0.2, 0) is 21.2 Å². The maximum absolute atomic E-state index is 12.8. The van der Waals surface area contributed by atoms with Gasteiger partial charge in [-0.05, 0) is 38.0 Å². The molecule has 0 bridgehead atoms. The number of ether oxygens (including phenoxy) is 1. The van der Waals surface area contributed by atoms with Gasteiger partial charge in [0, 0.05) is 6.04 Å². The van der Waals surface area contributed by atoms with Gasteiger partial charge in [-0.1, -0.05) is 19.1 Å². The first-order chi connectivity index (χ1) is 9.65. The molecule has 0 radical (unpaired) electrons. The number of nitrogens with one attached hydrogen (secondary N) is 1. The molecule has 0 aliphatic rings. The Kier molecular flexibility index (Phi) is 5.39. The molecular weight excluding hydrogens is 283 g/mol. The summed E-state index contributed by atoms with van der Waals surface area (Å²) in [6.07, 6.45) is -3.73. The van der Waals surface area contributed by atoms with E-state index >= 15 is 0 Å². The van der Waals surface area contributed by atoms with E-state index in [-0.39, 0.29) is 11.6 Å². The smallest absolute Gasteiger partial charge is 0.416 e. The fourth-order valence-corrected chi connectivity index (χ4v) is 2.07. The van der Waals surface area contributed by atoms with E-state index in [1.807, 2.05) is 13.8 Å². The van der Waals surface area contributed by atoms with Crippen molar-refractivity contribution in [3.63, 3.8) is 0 Å². The van der Waals surface area contributed by atoms with Gasteiger partial charge in [-0.25, -0.2) is 4.79 Å². The first-order valence-electron chi connectivity index (χ1n) is 6.69. The monoisotopic (exact) mass is 303 g/mol. The Morgan fingerprint density at radius 3 is 2.38 bits per heavy atom. The van der Waals surface area contributed by atoms with Crippen LogP contribution in [0.2, 0.25) is 0 Å². The molecule has 1 N–H and O–H groups in total. The fourth-order valence-electron chi connectivity index (χ4n) is 2.07. The molecular formula is C15H20F3NO2. The molecule has 0 amide bonds. The van der Waals surface area contributed by atoms with Gasteiger partial charge < -0.3 is 4.74 Å². The average molecular weight is 303 g/mol. The third kappa shape index (κ3) is 3.97. The molecule has 0 saturated carbocycles. The normalized spacial score (nSPS) is 16.1. The van der Waals surface area contributed by atoms with Crippen LogP contribution in [0.5, 0.6) is 0 Å². The second kappa shape index (κ2) is 6.47. The van der Waals surface area contributed by atoms with Gasteiger partial charge in [0.25, 0.3) is 0 Å². The quantitative estimate of drug-likeness (QED) is 0.846. The van der Waals surface area contributed by atoms with Gasteiger partial charge in [0.15, 0.2) is 0 Å². The van der Waals surface area contributed by atoms with Crippen molar-refractivity contribution in [3.05, 3.63) is 35.4 Å². The highest BCUT2D eigenvalue weighted by atomic mass is 19.4. The minimum atomic E-state index is -4.45. The van der Waals surface area contributed by atoms with E-state index in [9.17, 15) is 18.0 Å². The lowest BCUT2D eigenvalue weighted by Crippen LogP contribution is -2.51. The minimum absolute atomic E-state index is 0.0522. The molecule has 1 rings (SSSR count). The Balaban J connectivity index is 3.30. The Labute approximate surface area is 122 Å². The van der Waals surface area contributed by atoms with Crippen LogP contribution in [0, 0.1) is 0 Å². The lowest BCUT2D eigenvalue weighted by atomic mass is 9.89. The molecule has 1 aromatic rings. The maximum atomic E-state index is 12.8. The minimum Gasteiger partial charge on any atom is -0.467 e. The molecule has 6 heteroatoms. The Morgan fingerprint density at radius 2 is 1.90 bits per heavy atom. The van der Waals surface area contributed by atoms with Gasteiger partial charge in [-0.15, -0.1) is 0 Å². The first-order valence-corrected chi connectivity index (χ1v) is 6.69. The summed E-state index contributed by atoms with van der Waals surface area (Å²) in [6.45, 7) is 5.30. The largest absolute Gasteiger partial charge is 0.467 e. The molecule has 0 heterocycles. The van der Waals surface area contributed by atoms with E-state index in [0.717, 1.165) is 18.6 Å². The van der Waals surface area contributed by atoms with Gasteiger partial charge in [0.2, 0.25) is 0 Å². The van der Waals surface area contributed by atoms with Gasteiger partial charge in [-0.2, -0.15) is 13.2 Å². The van der Waals surface area contributed by atoms with Crippen LogP contribution in [0.3, 0.4) is 0 Å². The van der Waals surface area contributed by atoms with Crippen LogP contribution in [0.25, 0.3) is 0 Å². The molecule has 118 valence electrons. The molecule has 0 aromatic heterocycles. The van der Waals surface area contributed by atoms with Crippen LogP contribution >= 0.6 is 0 Å². The number of alkyl halides is 3. The van der Waals surface area contributed by atoms with Crippen molar-refractivity contribution in [3.8, 4) is 0 Å². The van der Waals surface area contributed by atoms with Crippen molar-refractivity contribution >= 4 is 5.97 Å². The summed E-state index contributed by atoms with van der Waals surface area (Å²) in [7, 11) is 1.21. The van der Waals surface area contributed by atoms with Crippen molar-refractivity contribution < 1.29 is 22.7 Å². The predicted molar refractivity (Wildman–Crippen MR) is 73.7 cm³/mol. The molecule has 21 heavy (non-hydrogen) atoms. The topological polar surface area (TPSA) is 38.3 Å². The van der Waals surface area contributed by atoms with E-state index in [2.05, 4.69) is 5.32 Å². The lowest BCUT2D eigenvalue weighted by molar-refractivity contribution is -0.149. The lowest BCUT2D eigenvalue weighted by Gasteiger charge is -2.32. The number of methoxy groups -OCH3 is 1. The van der Waals surface area contributed by atoms with Crippen molar-refractivity contribution in [2.75, 3.05) is 7.11 Å². The maximum Gasteiger partial charge on any atom is 0.416 e. The summed E-state index contributed by atoms with van der Waals surface area (Å²) >= 11 is 0. The number of esters is 1. The van der Waals surface area contributed by atoms with Crippen LogP contribution in [-0.4, -0.2) is 19.1 Å². The highest BCUT2D eigenvalue weighted by Crippen LogP contribution is 2.32. The van der Waals surface area contributed by atoms with Gasteiger partial charge in [-0.3, -0.25) is 5.32 Å². The molecule has 2 atom stereocenters. The van der Waals surface area contributed by atoms with Crippen molar-refractivity contribution in [2.24, 2.45) is 0 Å². The van der Waals surface area contributed by atoms with Crippen molar-refractivity contribution in [2.45, 2.75) is 44.9 Å². The third-order valence-electron chi connectivity index (χ3n) is 3.51.